The minimum Gasteiger partial charge on any atom is -0.461 e. The van der Waals surface area contributed by atoms with E-state index in [0.29, 0.717) is 0 Å². The van der Waals surface area contributed by atoms with E-state index in [1.54, 1.807) is 0 Å². The van der Waals surface area contributed by atoms with Crippen LogP contribution in [0.25, 0.3) is 0 Å². The first-order chi connectivity index (χ1) is 3.79. The molecule has 0 aromatic rings. The number of nitrogens with one attached hydrogen (secondary N) is 1. The molecular formula is C7H13N. The van der Waals surface area contributed by atoms with Gasteiger partial charge in [0.1, 0.15) is 12.8 Å². The Morgan fingerprint density at radius 2 is 1.75 bits per heavy atom. The van der Waals surface area contributed by atoms with Crippen molar-refractivity contribution >= 4 is 0 Å². The molecule has 1 nitrogen and oxygen atoms in total. The number of hydrogen-bond donors (Lipinski definition) is 1. The molecular weight excluding hydrogens is 98.1 g/mol. The van der Waals surface area contributed by atoms with Gasteiger partial charge >= 0.3 is 0 Å². The molecule has 8 heavy (non-hydrogen) atoms. The summed E-state index contributed by atoms with van der Waals surface area (Å²) in [4.78, 5) is 1.40. The van der Waals surface area contributed by atoms with Gasteiger partial charge in [0.05, 0.1) is 13.1 Å². The third kappa shape index (κ3) is 1.41. The quantitative estimate of drug-likeness (QED) is 0.415. The highest BCUT2D eigenvalue weighted by Crippen LogP contribution is 2.08. The van der Waals surface area contributed by atoms with Crippen molar-refractivity contribution in [1.29, 1.82) is 0 Å². The molecule has 0 spiro atoms. The van der Waals surface area contributed by atoms with Gasteiger partial charge in [0.2, 0.25) is 0 Å². The van der Waals surface area contributed by atoms with Crippen molar-refractivity contribution in [2.75, 3.05) is 13.1 Å². The molecule has 0 saturated carbocycles. The van der Waals surface area contributed by atoms with E-state index in [2.05, 4.69) is 14.0 Å². The zero-order valence-electron chi connectivity index (χ0n) is 5.24. The maximum atomic E-state index is 3.91. The second-order valence-electron chi connectivity index (χ2n) is 2.50. The Morgan fingerprint density at radius 3 is 2.12 bits per heavy atom. The maximum absolute atomic E-state index is 3.91. The minimum absolute atomic E-state index is 1.18. The SMILES string of the molecule is [CH2-][C+]1CC[NH+]([CH2-])CC1. The van der Waals surface area contributed by atoms with Crippen LogP contribution in [0, 0.1) is 19.9 Å². The lowest BCUT2D eigenvalue weighted by atomic mass is 10.00. The average Bonchev–Trinajstić information content (AvgIpc) is 1.77. The van der Waals surface area contributed by atoms with E-state index in [-0.39, 0.29) is 0 Å². The topological polar surface area (TPSA) is 4.44 Å². The van der Waals surface area contributed by atoms with Crippen LogP contribution < -0.4 is 4.90 Å². The molecule has 1 saturated heterocycles. The van der Waals surface area contributed by atoms with Gasteiger partial charge in [-0.3, -0.25) is 0 Å². The second-order valence-corrected chi connectivity index (χ2v) is 2.50. The van der Waals surface area contributed by atoms with Gasteiger partial charge in [0.15, 0.2) is 0 Å². The minimum atomic E-state index is 1.18. The summed E-state index contributed by atoms with van der Waals surface area (Å²) in [7, 11) is 3.91. The Balaban J connectivity index is 2.19. The summed E-state index contributed by atoms with van der Waals surface area (Å²) < 4.78 is 0. The fourth-order valence-electron chi connectivity index (χ4n) is 0.957. The van der Waals surface area contributed by atoms with Gasteiger partial charge in [-0.2, -0.15) is 7.05 Å². The van der Waals surface area contributed by atoms with Crippen molar-refractivity contribution in [2.24, 2.45) is 0 Å². The highest BCUT2D eigenvalue weighted by Gasteiger charge is 2.14. The standard InChI is InChI=1S/C7H13N/c1-7-3-5-8(2)6-4-7/h8H,1-6H2. The number of quaternary nitrogens is 1. The first-order valence-corrected chi connectivity index (χ1v) is 3.12. The van der Waals surface area contributed by atoms with Crippen LogP contribution in [0.15, 0.2) is 0 Å². The lowest BCUT2D eigenvalue weighted by Gasteiger charge is -2.25. The van der Waals surface area contributed by atoms with Crippen molar-refractivity contribution in [2.45, 2.75) is 12.8 Å². The predicted octanol–water partition coefficient (Wildman–Crippen LogP) is -0.135. The normalized spacial score (nSPS) is 24.0. The van der Waals surface area contributed by atoms with Gasteiger partial charge in [0, 0.05) is 0 Å². The molecule has 46 valence electrons. The van der Waals surface area contributed by atoms with Gasteiger partial charge < -0.3 is 4.90 Å². The molecule has 0 bridgehead atoms. The molecule has 0 radical (unpaired) electrons. The summed E-state index contributed by atoms with van der Waals surface area (Å²) in [6.07, 6.45) is 2.36. The van der Waals surface area contributed by atoms with E-state index in [9.17, 15) is 0 Å². The largest absolute Gasteiger partial charge is 0.461 e. The van der Waals surface area contributed by atoms with Crippen LogP contribution >= 0.6 is 0 Å². The molecule has 1 aliphatic heterocycles. The molecule has 0 atom stereocenters. The first-order valence-electron chi connectivity index (χ1n) is 3.12. The van der Waals surface area contributed by atoms with Crippen LogP contribution in [-0.4, -0.2) is 13.1 Å². The molecule has 0 aromatic heterocycles. The van der Waals surface area contributed by atoms with E-state index in [1.807, 2.05) is 0 Å². The van der Waals surface area contributed by atoms with Gasteiger partial charge in [-0.05, 0) is 0 Å². The molecule has 0 unspecified atom stereocenters. The predicted molar refractivity (Wildman–Crippen MR) is 33.9 cm³/mol. The lowest BCUT2D eigenvalue weighted by molar-refractivity contribution is -0.857. The molecule has 0 aromatic carbocycles. The zero-order chi connectivity index (χ0) is 5.98. The number of hydrogen-bond acceptors (Lipinski definition) is 0. The summed E-state index contributed by atoms with van der Waals surface area (Å²) in [5, 5.41) is 0. The van der Waals surface area contributed by atoms with Crippen LogP contribution in [0.1, 0.15) is 12.8 Å². The third-order valence-electron chi connectivity index (χ3n) is 1.66. The third-order valence-corrected chi connectivity index (χ3v) is 1.66. The Bertz CT molecular complexity index is 52.8. The molecule has 0 aliphatic carbocycles. The molecule has 0 amide bonds. The Kier molecular flexibility index (Phi) is 1.79. The summed E-state index contributed by atoms with van der Waals surface area (Å²) in [5.74, 6) is 1.40. The van der Waals surface area contributed by atoms with Crippen molar-refractivity contribution in [1.82, 2.24) is 0 Å². The molecule has 1 aliphatic rings. The molecule has 1 heteroatoms. The molecule has 1 rings (SSSR count). The fourth-order valence-corrected chi connectivity index (χ4v) is 0.957. The van der Waals surface area contributed by atoms with Gasteiger partial charge in [-0.15, -0.1) is 6.92 Å². The fraction of sp³-hybridized carbons (Fsp3) is 0.571. The second kappa shape index (κ2) is 2.40. The highest BCUT2D eigenvalue weighted by molar-refractivity contribution is 4.93. The lowest BCUT2D eigenvalue weighted by Crippen LogP contribution is -3.07. The summed E-state index contributed by atoms with van der Waals surface area (Å²) in [5.41, 5.74) is 0. The Labute approximate surface area is 51.7 Å². The van der Waals surface area contributed by atoms with Crippen LogP contribution in [0.2, 0.25) is 0 Å². The maximum Gasteiger partial charge on any atom is 0.106 e. The van der Waals surface area contributed by atoms with Crippen LogP contribution in [-0.2, 0) is 0 Å². The number of likely N-dealkylation sites (tertiary alicyclic amines) is 1. The van der Waals surface area contributed by atoms with E-state index in [0.717, 1.165) is 0 Å². The van der Waals surface area contributed by atoms with E-state index in [4.69, 9.17) is 0 Å². The van der Waals surface area contributed by atoms with E-state index < -0.39 is 0 Å². The van der Waals surface area contributed by atoms with Crippen molar-refractivity contribution in [3.63, 3.8) is 0 Å². The van der Waals surface area contributed by atoms with Crippen LogP contribution in [0.5, 0.6) is 0 Å². The monoisotopic (exact) mass is 111 g/mol. The first kappa shape index (κ1) is 5.96. The molecule has 1 N–H and O–H groups in total. The van der Waals surface area contributed by atoms with Crippen LogP contribution in [0.4, 0.5) is 0 Å². The zero-order valence-corrected chi connectivity index (χ0v) is 5.24. The number of rotatable bonds is 0. The Hall–Kier alpha value is -0.170. The number of piperidine rings is 1. The van der Waals surface area contributed by atoms with E-state index >= 15 is 0 Å². The molecule has 1 heterocycles. The summed E-state index contributed by atoms with van der Waals surface area (Å²) in [6, 6.07) is 0. The summed E-state index contributed by atoms with van der Waals surface area (Å²) >= 11 is 0. The van der Waals surface area contributed by atoms with Crippen molar-refractivity contribution < 1.29 is 4.90 Å². The smallest absolute Gasteiger partial charge is 0.106 e. The average molecular weight is 111 g/mol. The van der Waals surface area contributed by atoms with Gasteiger partial charge in [-0.25, -0.2) is 0 Å². The van der Waals surface area contributed by atoms with E-state index in [1.165, 1.54) is 36.7 Å². The summed E-state index contributed by atoms with van der Waals surface area (Å²) in [6.45, 7) is 6.27. The highest BCUT2D eigenvalue weighted by atomic mass is 15.1. The van der Waals surface area contributed by atoms with Gasteiger partial charge in [-0.1, -0.05) is 5.92 Å². The van der Waals surface area contributed by atoms with Crippen molar-refractivity contribution in [3.8, 4) is 0 Å². The molecule has 1 fully saturated rings. The van der Waals surface area contributed by atoms with Gasteiger partial charge in [0.25, 0.3) is 0 Å². The Morgan fingerprint density at radius 1 is 1.25 bits per heavy atom. The van der Waals surface area contributed by atoms with Crippen LogP contribution in [0.3, 0.4) is 0 Å². The van der Waals surface area contributed by atoms with Crippen molar-refractivity contribution in [3.05, 3.63) is 19.9 Å².